The SMILES string of the molecule is CC(N)(CCCN1CCS(=O)(=O)CC1)C(N)=O. The number of carbonyl (C=O) groups excluding carboxylic acids is 1. The molecule has 0 aromatic heterocycles. The van der Waals surface area contributed by atoms with Gasteiger partial charge >= 0.3 is 0 Å². The van der Waals surface area contributed by atoms with E-state index in [-0.39, 0.29) is 11.5 Å². The number of amides is 1. The molecule has 100 valence electrons. The molecule has 1 aliphatic rings. The van der Waals surface area contributed by atoms with Crippen molar-refractivity contribution in [1.29, 1.82) is 0 Å². The molecule has 1 rings (SSSR count). The molecular weight excluding hydrogens is 242 g/mol. The molecule has 7 heteroatoms. The molecule has 1 atom stereocenters. The van der Waals surface area contributed by atoms with Crippen LogP contribution in [0.3, 0.4) is 0 Å². The van der Waals surface area contributed by atoms with Gasteiger partial charge in [0.15, 0.2) is 9.84 Å². The quantitative estimate of drug-likeness (QED) is 0.641. The van der Waals surface area contributed by atoms with Gasteiger partial charge < -0.3 is 16.4 Å². The summed E-state index contributed by atoms with van der Waals surface area (Å²) in [7, 11) is -2.82. The Balaban J connectivity index is 2.27. The van der Waals surface area contributed by atoms with Crippen LogP contribution in [0.2, 0.25) is 0 Å². The van der Waals surface area contributed by atoms with E-state index in [0.717, 1.165) is 13.0 Å². The maximum Gasteiger partial charge on any atom is 0.237 e. The highest BCUT2D eigenvalue weighted by atomic mass is 32.2. The maximum absolute atomic E-state index is 11.2. The van der Waals surface area contributed by atoms with Gasteiger partial charge in [-0.2, -0.15) is 0 Å². The minimum absolute atomic E-state index is 0.225. The number of hydrogen-bond donors (Lipinski definition) is 2. The Labute approximate surface area is 102 Å². The normalized spacial score (nSPS) is 24.1. The van der Waals surface area contributed by atoms with Crippen LogP contribution >= 0.6 is 0 Å². The molecule has 0 aromatic rings. The van der Waals surface area contributed by atoms with Crippen LogP contribution in [0.5, 0.6) is 0 Å². The number of sulfone groups is 1. The van der Waals surface area contributed by atoms with Crippen molar-refractivity contribution in [3.05, 3.63) is 0 Å². The molecular formula is C10H21N3O3S. The predicted molar refractivity (Wildman–Crippen MR) is 66.1 cm³/mol. The molecule has 0 bridgehead atoms. The highest BCUT2D eigenvalue weighted by molar-refractivity contribution is 7.91. The van der Waals surface area contributed by atoms with Crippen molar-refractivity contribution < 1.29 is 13.2 Å². The lowest BCUT2D eigenvalue weighted by Gasteiger charge is -2.28. The zero-order valence-corrected chi connectivity index (χ0v) is 11.0. The number of nitrogens with zero attached hydrogens (tertiary/aromatic N) is 1. The molecule has 17 heavy (non-hydrogen) atoms. The summed E-state index contributed by atoms with van der Waals surface area (Å²) < 4.78 is 22.4. The van der Waals surface area contributed by atoms with Gasteiger partial charge in [0.05, 0.1) is 17.0 Å². The van der Waals surface area contributed by atoms with Crippen LogP contribution in [0.15, 0.2) is 0 Å². The first-order valence-electron chi connectivity index (χ1n) is 5.74. The summed E-state index contributed by atoms with van der Waals surface area (Å²) in [6.45, 7) is 3.52. The summed E-state index contributed by atoms with van der Waals surface area (Å²) in [4.78, 5) is 13.1. The van der Waals surface area contributed by atoms with E-state index in [0.29, 0.717) is 19.5 Å². The fraction of sp³-hybridized carbons (Fsp3) is 0.900. The number of carbonyl (C=O) groups is 1. The number of rotatable bonds is 5. The second-order valence-corrected chi connectivity index (χ2v) is 7.18. The lowest BCUT2D eigenvalue weighted by molar-refractivity contribution is -0.122. The second kappa shape index (κ2) is 5.32. The fourth-order valence-corrected chi connectivity index (χ4v) is 3.04. The molecule has 1 unspecified atom stereocenters. The van der Waals surface area contributed by atoms with Crippen LogP contribution in [-0.4, -0.2) is 55.9 Å². The summed E-state index contributed by atoms with van der Waals surface area (Å²) in [5.74, 6) is -0.0514. The zero-order valence-electron chi connectivity index (χ0n) is 10.2. The van der Waals surface area contributed by atoms with Crippen LogP contribution in [0.25, 0.3) is 0 Å². The monoisotopic (exact) mass is 263 g/mol. The minimum Gasteiger partial charge on any atom is -0.368 e. The van der Waals surface area contributed by atoms with Gasteiger partial charge in [0.25, 0.3) is 0 Å². The largest absolute Gasteiger partial charge is 0.368 e. The van der Waals surface area contributed by atoms with Crippen molar-refractivity contribution >= 4 is 15.7 Å². The highest BCUT2D eigenvalue weighted by Crippen LogP contribution is 2.10. The van der Waals surface area contributed by atoms with Gasteiger partial charge in [0.1, 0.15) is 0 Å². The molecule has 1 amide bonds. The lowest BCUT2D eigenvalue weighted by atomic mass is 9.96. The average molecular weight is 263 g/mol. The number of nitrogens with two attached hydrogens (primary N) is 2. The standard InChI is InChI=1S/C10H21N3O3S/c1-10(12,9(11)14)3-2-4-13-5-7-17(15,16)8-6-13/h2-8,12H2,1H3,(H2,11,14). The third-order valence-corrected chi connectivity index (χ3v) is 4.78. The Morgan fingerprint density at radius 1 is 1.35 bits per heavy atom. The highest BCUT2D eigenvalue weighted by Gasteiger charge is 2.26. The van der Waals surface area contributed by atoms with Crippen LogP contribution in [-0.2, 0) is 14.6 Å². The second-order valence-electron chi connectivity index (χ2n) is 4.88. The Morgan fingerprint density at radius 2 is 1.88 bits per heavy atom. The van der Waals surface area contributed by atoms with Gasteiger partial charge in [0.2, 0.25) is 5.91 Å². The van der Waals surface area contributed by atoms with Gasteiger partial charge in [-0.05, 0) is 26.3 Å². The van der Waals surface area contributed by atoms with Gasteiger partial charge in [-0.1, -0.05) is 0 Å². The smallest absolute Gasteiger partial charge is 0.237 e. The van der Waals surface area contributed by atoms with Crippen LogP contribution in [0, 0.1) is 0 Å². The molecule has 4 N–H and O–H groups in total. The summed E-state index contributed by atoms with van der Waals surface area (Å²) in [6.07, 6.45) is 1.27. The number of hydrogen-bond acceptors (Lipinski definition) is 5. The minimum atomic E-state index is -2.82. The summed E-state index contributed by atoms with van der Waals surface area (Å²) in [6, 6.07) is 0. The molecule has 0 spiro atoms. The van der Waals surface area contributed by atoms with E-state index < -0.39 is 21.3 Å². The van der Waals surface area contributed by atoms with E-state index in [4.69, 9.17) is 11.5 Å². The van der Waals surface area contributed by atoms with Crippen molar-refractivity contribution in [2.45, 2.75) is 25.3 Å². The van der Waals surface area contributed by atoms with Crippen molar-refractivity contribution in [3.8, 4) is 0 Å². The molecule has 1 heterocycles. The molecule has 0 saturated carbocycles. The Bertz CT molecular complexity index is 364. The summed E-state index contributed by atoms with van der Waals surface area (Å²) in [5, 5.41) is 0. The van der Waals surface area contributed by atoms with E-state index in [1.54, 1.807) is 6.92 Å². The van der Waals surface area contributed by atoms with Gasteiger partial charge in [-0.3, -0.25) is 4.79 Å². The topological polar surface area (TPSA) is 106 Å². The molecule has 6 nitrogen and oxygen atoms in total. The van der Waals surface area contributed by atoms with E-state index in [1.807, 2.05) is 0 Å². The van der Waals surface area contributed by atoms with Crippen molar-refractivity contribution in [2.75, 3.05) is 31.1 Å². The maximum atomic E-state index is 11.2. The van der Waals surface area contributed by atoms with Gasteiger partial charge in [-0.25, -0.2) is 8.42 Å². The van der Waals surface area contributed by atoms with Crippen molar-refractivity contribution in [1.82, 2.24) is 4.90 Å². The molecule has 1 fully saturated rings. The average Bonchev–Trinajstić information content (AvgIpc) is 2.20. The van der Waals surface area contributed by atoms with Crippen LogP contribution < -0.4 is 11.5 Å². The van der Waals surface area contributed by atoms with Crippen molar-refractivity contribution in [3.63, 3.8) is 0 Å². The third-order valence-electron chi connectivity index (χ3n) is 3.17. The fourth-order valence-electron chi connectivity index (χ4n) is 1.77. The molecule has 1 aliphatic heterocycles. The van der Waals surface area contributed by atoms with Crippen molar-refractivity contribution in [2.24, 2.45) is 11.5 Å². The first kappa shape index (κ1) is 14.4. The molecule has 1 saturated heterocycles. The first-order valence-corrected chi connectivity index (χ1v) is 7.57. The van der Waals surface area contributed by atoms with Gasteiger partial charge in [0, 0.05) is 13.1 Å². The molecule has 0 aromatic carbocycles. The summed E-state index contributed by atoms with van der Waals surface area (Å²) in [5.41, 5.74) is 9.93. The van der Waals surface area contributed by atoms with Crippen LogP contribution in [0.4, 0.5) is 0 Å². The Kier molecular flexibility index (Phi) is 4.51. The molecule has 0 aliphatic carbocycles. The van der Waals surface area contributed by atoms with Crippen LogP contribution in [0.1, 0.15) is 19.8 Å². The third kappa shape index (κ3) is 4.61. The Hall–Kier alpha value is -0.660. The predicted octanol–water partition coefficient (Wildman–Crippen LogP) is -1.30. The number of primary amides is 1. The van der Waals surface area contributed by atoms with E-state index in [1.165, 1.54) is 0 Å². The first-order chi connectivity index (χ1) is 7.73. The van der Waals surface area contributed by atoms with Gasteiger partial charge in [-0.15, -0.1) is 0 Å². The van der Waals surface area contributed by atoms with E-state index in [2.05, 4.69) is 4.90 Å². The van der Waals surface area contributed by atoms with E-state index in [9.17, 15) is 13.2 Å². The summed E-state index contributed by atoms with van der Waals surface area (Å²) >= 11 is 0. The Morgan fingerprint density at radius 3 is 2.35 bits per heavy atom. The van der Waals surface area contributed by atoms with E-state index >= 15 is 0 Å². The lowest BCUT2D eigenvalue weighted by Crippen LogP contribution is -2.50. The zero-order chi connectivity index (χ0) is 13.1. The molecule has 0 radical (unpaired) electrons.